The van der Waals surface area contributed by atoms with Crippen molar-refractivity contribution < 1.29 is 43.9 Å². The van der Waals surface area contributed by atoms with Crippen LogP contribution in [0.1, 0.15) is 12.5 Å². The summed E-state index contributed by atoms with van der Waals surface area (Å²) in [6.45, 7) is -1.39. The molecule has 2 fully saturated rings. The zero-order chi connectivity index (χ0) is 28.3. The predicted molar refractivity (Wildman–Crippen MR) is 130 cm³/mol. The SMILES string of the molecule is Nc1nc2c(ncn2[C@@H]2O[C@H](CO)[C@@H](O)[C@H]2P(=O)(O)OC[C@H]2O[C@@H](n3cnc4cncnc43)[C@H](O)[C@@H]2O)c(=O)[nH]1. The van der Waals surface area contributed by atoms with Gasteiger partial charge in [-0.2, -0.15) is 4.98 Å². The van der Waals surface area contributed by atoms with E-state index < -0.39 is 75.0 Å². The molecule has 0 bridgehead atoms. The number of hydrogen-bond acceptors (Lipinski definition) is 15. The van der Waals surface area contributed by atoms with Gasteiger partial charge in [-0.1, -0.05) is 0 Å². The van der Waals surface area contributed by atoms with E-state index >= 15 is 0 Å². The molecule has 20 heteroatoms. The molecule has 4 aromatic heterocycles. The van der Waals surface area contributed by atoms with E-state index in [0.717, 1.165) is 10.9 Å². The van der Waals surface area contributed by atoms with Crippen LogP contribution in [0.15, 0.2) is 30.0 Å². The molecule has 8 N–H and O–H groups in total. The Balaban J connectivity index is 1.25. The quantitative estimate of drug-likeness (QED) is 0.107. The molecule has 214 valence electrons. The number of fused-ring (bicyclic) bond motifs is 2. The topological polar surface area (TPSA) is 279 Å². The number of ether oxygens (including phenoxy) is 2. The summed E-state index contributed by atoms with van der Waals surface area (Å²) in [5.41, 5.74) is 3.76. The van der Waals surface area contributed by atoms with Gasteiger partial charge in [0.15, 0.2) is 29.3 Å². The van der Waals surface area contributed by atoms with Gasteiger partial charge in [0.1, 0.15) is 48.0 Å². The van der Waals surface area contributed by atoms with Crippen molar-refractivity contribution in [1.82, 2.24) is 39.0 Å². The van der Waals surface area contributed by atoms with E-state index in [1.54, 1.807) is 0 Å². The number of imidazole rings is 2. The third-order valence-electron chi connectivity index (χ3n) is 6.89. The molecule has 40 heavy (non-hydrogen) atoms. The Bertz CT molecular complexity index is 1660. The van der Waals surface area contributed by atoms with Gasteiger partial charge in [0, 0.05) is 0 Å². The summed E-state index contributed by atoms with van der Waals surface area (Å²) in [6, 6.07) is 0. The van der Waals surface area contributed by atoms with E-state index in [1.165, 1.54) is 23.4 Å². The molecule has 4 aromatic rings. The van der Waals surface area contributed by atoms with Gasteiger partial charge in [0.2, 0.25) is 5.95 Å². The van der Waals surface area contributed by atoms with Crippen molar-refractivity contribution in [3.05, 3.63) is 35.5 Å². The van der Waals surface area contributed by atoms with Crippen LogP contribution in [-0.2, 0) is 18.6 Å². The molecule has 0 amide bonds. The van der Waals surface area contributed by atoms with Crippen LogP contribution in [0.2, 0.25) is 0 Å². The number of rotatable bonds is 7. The van der Waals surface area contributed by atoms with Crippen LogP contribution in [0.3, 0.4) is 0 Å². The first kappa shape index (κ1) is 26.8. The summed E-state index contributed by atoms with van der Waals surface area (Å²) in [4.78, 5) is 45.5. The summed E-state index contributed by atoms with van der Waals surface area (Å²) in [5, 5.41) is 41.7. The monoisotopic (exact) mass is 581 g/mol. The highest BCUT2D eigenvalue weighted by molar-refractivity contribution is 7.53. The maximum absolute atomic E-state index is 13.5. The highest BCUT2D eigenvalue weighted by atomic mass is 31.2. The molecule has 0 aromatic carbocycles. The Kier molecular flexibility index (Phi) is 6.64. The third-order valence-corrected chi connectivity index (χ3v) is 8.73. The molecule has 0 spiro atoms. The first-order chi connectivity index (χ1) is 19.1. The van der Waals surface area contributed by atoms with Gasteiger partial charge in [-0.15, -0.1) is 0 Å². The molecule has 9 atom stereocenters. The van der Waals surface area contributed by atoms with E-state index in [9.17, 15) is 34.7 Å². The molecule has 2 aliphatic rings. The van der Waals surface area contributed by atoms with Gasteiger partial charge in [-0.25, -0.2) is 19.9 Å². The van der Waals surface area contributed by atoms with Crippen LogP contribution in [0, 0.1) is 0 Å². The Morgan fingerprint density at radius 2 is 1.75 bits per heavy atom. The number of nitrogens with two attached hydrogens (primary N) is 1. The van der Waals surface area contributed by atoms with Crippen molar-refractivity contribution in [3.8, 4) is 0 Å². The first-order valence-electron chi connectivity index (χ1n) is 11.9. The van der Waals surface area contributed by atoms with Gasteiger partial charge in [0.25, 0.3) is 5.56 Å². The second kappa shape index (κ2) is 9.91. The summed E-state index contributed by atoms with van der Waals surface area (Å²) in [7, 11) is -4.86. The molecule has 19 nitrogen and oxygen atoms in total. The van der Waals surface area contributed by atoms with Crippen LogP contribution in [0.5, 0.6) is 0 Å². The number of aromatic amines is 1. The van der Waals surface area contributed by atoms with E-state index in [-0.39, 0.29) is 17.1 Å². The highest BCUT2D eigenvalue weighted by Gasteiger charge is 2.55. The van der Waals surface area contributed by atoms with E-state index in [4.69, 9.17) is 19.7 Å². The van der Waals surface area contributed by atoms with Gasteiger partial charge in [0.05, 0.1) is 32.1 Å². The minimum atomic E-state index is -4.86. The van der Waals surface area contributed by atoms with Crippen molar-refractivity contribution in [1.29, 1.82) is 0 Å². The number of hydrogen-bond donors (Lipinski definition) is 7. The van der Waals surface area contributed by atoms with Crippen LogP contribution in [0.4, 0.5) is 5.95 Å². The van der Waals surface area contributed by atoms with Gasteiger partial charge >= 0.3 is 7.60 Å². The largest absolute Gasteiger partial charge is 0.394 e. The zero-order valence-corrected chi connectivity index (χ0v) is 21.2. The molecule has 6 heterocycles. The smallest absolute Gasteiger partial charge is 0.338 e. The lowest BCUT2D eigenvalue weighted by atomic mass is 10.1. The Morgan fingerprint density at radius 3 is 2.52 bits per heavy atom. The normalized spacial score (nSPS) is 32.2. The van der Waals surface area contributed by atoms with Crippen LogP contribution < -0.4 is 11.3 Å². The fourth-order valence-corrected chi connectivity index (χ4v) is 6.57. The van der Waals surface area contributed by atoms with E-state index in [1.807, 2.05) is 0 Å². The maximum Gasteiger partial charge on any atom is 0.338 e. The Morgan fingerprint density at radius 1 is 1.02 bits per heavy atom. The molecule has 1 unspecified atom stereocenters. The summed E-state index contributed by atoms with van der Waals surface area (Å²) in [6.07, 6.45) is -4.73. The van der Waals surface area contributed by atoms with Gasteiger partial charge in [-0.05, 0) is 0 Å². The van der Waals surface area contributed by atoms with Crippen molar-refractivity contribution in [2.75, 3.05) is 18.9 Å². The van der Waals surface area contributed by atoms with Crippen molar-refractivity contribution in [3.63, 3.8) is 0 Å². The molecular weight excluding hydrogens is 557 g/mol. The Labute approximate surface area is 222 Å². The average molecular weight is 581 g/mol. The number of aliphatic hydroxyl groups is 4. The molecule has 2 aliphatic heterocycles. The number of H-pyrrole nitrogens is 1. The number of aromatic nitrogens is 8. The van der Waals surface area contributed by atoms with Gasteiger partial charge in [-0.3, -0.25) is 23.5 Å². The number of aliphatic hydroxyl groups excluding tert-OH is 4. The molecule has 6 rings (SSSR count). The van der Waals surface area contributed by atoms with Crippen molar-refractivity contribution >= 4 is 35.9 Å². The average Bonchev–Trinajstić information content (AvgIpc) is 3.67. The maximum atomic E-state index is 13.5. The summed E-state index contributed by atoms with van der Waals surface area (Å²) in [5.74, 6) is -0.255. The minimum absolute atomic E-state index is 0.0982. The van der Waals surface area contributed by atoms with Crippen LogP contribution in [-0.4, -0.2) is 114 Å². The zero-order valence-electron chi connectivity index (χ0n) is 20.3. The number of nitrogen functional groups attached to an aromatic ring is 1. The van der Waals surface area contributed by atoms with Crippen LogP contribution in [0.25, 0.3) is 22.3 Å². The molecule has 0 saturated carbocycles. The lowest BCUT2D eigenvalue weighted by Crippen LogP contribution is -2.36. The van der Waals surface area contributed by atoms with E-state index in [2.05, 4.69) is 29.9 Å². The standard InChI is InChI=1S/C20H24N9O10P/c21-20-26-16-10(17(34)27-20)25-6-29(16)19-14(12(32)8(2-30)38-19)40(35,36)37-3-9-11(31)13(33)18(39-9)28-5-24-7-1-22-4-23-15(7)28/h1,4-6,8-9,11-14,18-19,30-33H,2-3H2,(H,35,36)(H3,21,26,27,34)/t8-,9-,11-,12-,13-,14-,18-,19-/m1/s1. The van der Waals surface area contributed by atoms with Crippen molar-refractivity contribution in [2.45, 2.75) is 48.6 Å². The van der Waals surface area contributed by atoms with Crippen molar-refractivity contribution in [2.24, 2.45) is 0 Å². The fraction of sp³-hybridized carbons (Fsp3) is 0.500. The second-order valence-corrected chi connectivity index (χ2v) is 11.3. The molecule has 0 aliphatic carbocycles. The van der Waals surface area contributed by atoms with E-state index in [0.29, 0.717) is 11.2 Å². The van der Waals surface area contributed by atoms with Crippen LogP contribution >= 0.6 is 7.60 Å². The van der Waals surface area contributed by atoms with Gasteiger partial charge < -0.3 is 45.1 Å². The minimum Gasteiger partial charge on any atom is -0.394 e. The molecule has 2 saturated heterocycles. The number of anilines is 1. The lowest BCUT2D eigenvalue weighted by molar-refractivity contribution is -0.0496. The number of nitrogens with one attached hydrogen (secondary N) is 1. The second-order valence-electron chi connectivity index (χ2n) is 9.29. The first-order valence-corrected chi connectivity index (χ1v) is 13.5. The molecular formula is C20H24N9O10P. The number of nitrogens with zero attached hydrogens (tertiary/aromatic N) is 7. The third kappa shape index (κ3) is 4.28. The highest BCUT2D eigenvalue weighted by Crippen LogP contribution is 2.57. The fourth-order valence-electron chi connectivity index (χ4n) is 4.93. The predicted octanol–water partition coefficient (Wildman–Crippen LogP) is -3.02. The summed E-state index contributed by atoms with van der Waals surface area (Å²) < 4.78 is 32.7. The lowest BCUT2D eigenvalue weighted by Gasteiger charge is -2.27. The Hall–Kier alpha value is -3.39. The summed E-state index contributed by atoms with van der Waals surface area (Å²) >= 11 is 0. The molecule has 0 radical (unpaired) electrons.